The first-order valence-electron chi connectivity index (χ1n) is 9.76. The van der Waals surface area contributed by atoms with Gasteiger partial charge in [-0.15, -0.1) is 0 Å². The highest BCUT2D eigenvalue weighted by Crippen LogP contribution is 2.45. The van der Waals surface area contributed by atoms with Crippen LogP contribution >= 0.6 is 0 Å². The molecule has 1 unspecified atom stereocenters. The molecule has 168 valence electrons. The maximum Gasteiger partial charge on any atom is 0.490 e. The van der Waals surface area contributed by atoms with Gasteiger partial charge >= 0.3 is 18.1 Å². The number of aryl methyl sites for hydroxylation is 2. The minimum Gasteiger partial charge on any atom is -0.475 e. The van der Waals surface area contributed by atoms with Crippen molar-refractivity contribution >= 4 is 17.8 Å². The molecule has 8 nitrogen and oxygen atoms in total. The molecule has 3 N–H and O–H groups in total. The molecule has 0 radical (unpaired) electrons. The summed E-state index contributed by atoms with van der Waals surface area (Å²) in [5.74, 6) is -3.32. The molecule has 0 aromatic carbocycles. The van der Waals surface area contributed by atoms with Crippen molar-refractivity contribution in [3.05, 3.63) is 17.0 Å². The number of amides is 1. The lowest BCUT2D eigenvalue weighted by Gasteiger charge is -2.27. The van der Waals surface area contributed by atoms with Gasteiger partial charge in [0.15, 0.2) is 0 Å². The molecule has 1 amide bonds. The maximum atomic E-state index is 12.5. The minimum atomic E-state index is -5.08. The molecule has 1 aromatic rings. The summed E-state index contributed by atoms with van der Waals surface area (Å²) in [6, 6.07) is 0. The van der Waals surface area contributed by atoms with Crippen molar-refractivity contribution in [3.63, 3.8) is 0 Å². The van der Waals surface area contributed by atoms with Crippen LogP contribution in [0.4, 0.5) is 13.2 Å². The number of H-pyrrole nitrogens is 1. The van der Waals surface area contributed by atoms with E-state index in [2.05, 4.69) is 15.5 Å². The quantitative estimate of drug-likeness (QED) is 0.485. The highest BCUT2D eigenvalue weighted by molar-refractivity contribution is 5.87. The Morgan fingerprint density at radius 1 is 1.30 bits per heavy atom. The Morgan fingerprint density at radius 3 is 2.40 bits per heavy atom. The molecule has 1 aliphatic heterocycles. The summed E-state index contributed by atoms with van der Waals surface area (Å²) in [5, 5.41) is 17.3. The van der Waals surface area contributed by atoms with Gasteiger partial charge in [-0.2, -0.15) is 18.3 Å². The predicted molar refractivity (Wildman–Crippen MR) is 98.5 cm³/mol. The largest absolute Gasteiger partial charge is 0.490 e. The molecule has 3 rings (SSSR count). The van der Waals surface area contributed by atoms with Crippen LogP contribution < -0.4 is 5.32 Å². The van der Waals surface area contributed by atoms with Gasteiger partial charge in [-0.05, 0) is 57.9 Å². The van der Waals surface area contributed by atoms with Crippen molar-refractivity contribution in [1.82, 2.24) is 15.5 Å². The second-order valence-electron chi connectivity index (χ2n) is 7.61. The Labute approximate surface area is 171 Å². The Hall–Kier alpha value is -2.59. The molecule has 1 saturated carbocycles. The van der Waals surface area contributed by atoms with Crippen LogP contribution in [0.2, 0.25) is 0 Å². The number of nitrogens with zero attached hydrogens (tertiary/aromatic N) is 1. The fourth-order valence-corrected chi connectivity index (χ4v) is 3.99. The number of hydrogen-bond acceptors (Lipinski definition) is 5. The second-order valence-corrected chi connectivity index (χ2v) is 7.61. The van der Waals surface area contributed by atoms with Crippen molar-refractivity contribution < 1.29 is 37.4 Å². The number of nitrogens with one attached hydrogen (secondary N) is 2. The number of carbonyl (C=O) groups excluding carboxylic acids is 2. The Bertz CT molecular complexity index is 765. The smallest absolute Gasteiger partial charge is 0.475 e. The Morgan fingerprint density at radius 2 is 1.90 bits per heavy atom. The summed E-state index contributed by atoms with van der Waals surface area (Å²) in [4.78, 5) is 33.0. The summed E-state index contributed by atoms with van der Waals surface area (Å²) >= 11 is 0. The summed E-state index contributed by atoms with van der Waals surface area (Å²) < 4.78 is 37.3. The predicted octanol–water partition coefficient (Wildman–Crippen LogP) is 2.58. The van der Waals surface area contributed by atoms with Gasteiger partial charge in [-0.1, -0.05) is 0 Å². The van der Waals surface area contributed by atoms with Crippen LogP contribution in [0.3, 0.4) is 0 Å². The third-order valence-corrected chi connectivity index (χ3v) is 5.52. The molecule has 2 fully saturated rings. The van der Waals surface area contributed by atoms with Crippen molar-refractivity contribution in [2.75, 3.05) is 6.54 Å². The van der Waals surface area contributed by atoms with Gasteiger partial charge in [0.05, 0.1) is 18.0 Å². The van der Waals surface area contributed by atoms with Crippen molar-refractivity contribution in [3.8, 4) is 0 Å². The standard InChI is InChI=1S/C17H25N3O3.C2HF3O2/c1-11-13(12(2)20-19-11)6-5-9-18-16(22)14-10-15(21)23-17(14)7-3-4-8-17;3-2(4,5)1(6)7/h14H,3-10H2,1-2H3,(H,18,22)(H,19,20);(H,6,7). The van der Waals surface area contributed by atoms with Crippen molar-refractivity contribution in [2.24, 2.45) is 5.92 Å². The van der Waals surface area contributed by atoms with Gasteiger partial charge in [-0.3, -0.25) is 14.7 Å². The Kier molecular flexibility index (Phi) is 7.49. The zero-order valence-electron chi connectivity index (χ0n) is 16.9. The number of carboxylic acid groups (broad SMARTS) is 1. The first kappa shape index (κ1) is 23.7. The number of alkyl halides is 3. The van der Waals surface area contributed by atoms with E-state index in [1.54, 1.807) is 0 Å². The summed E-state index contributed by atoms with van der Waals surface area (Å²) in [7, 11) is 0. The molecule has 1 spiro atoms. The summed E-state index contributed by atoms with van der Waals surface area (Å²) in [6.45, 7) is 4.62. The monoisotopic (exact) mass is 433 g/mol. The van der Waals surface area contributed by atoms with Crippen molar-refractivity contribution in [1.29, 1.82) is 0 Å². The van der Waals surface area contributed by atoms with E-state index in [1.807, 2.05) is 13.8 Å². The van der Waals surface area contributed by atoms with Crippen LogP contribution in [-0.4, -0.2) is 51.5 Å². The van der Waals surface area contributed by atoms with Gasteiger partial charge in [0.1, 0.15) is 5.60 Å². The molecule has 2 heterocycles. The molecule has 1 aromatic heterocycles. The van der Waals surface area contributed by atoms with E-state index >= 15 is 0 Å². The van der Waals surface area contributed by atoms with Gasteiger partial charge in [0, 0.05) is 12.2 Å². The minimum absolute atomic E-state index is 0.0293. The SMILES string of the molecule is Cc1n[nH]c(C)c1CCCNC(=O)C1CC(=O)OC12CCCC2.O=C(O)C(F)(F)F. The Balaban J connectivity index is 0.000000396. The van der Waals surface area contributed by atoms with E-state index < -0.39 is 17.7 Å². The lowest BCUT2D eigenvalue weighted by atomic mass is 9.85. The molecule has 1 aliphatic carbocycles. The summed E-state index contributed by atoms with van der Waals surface area (Å²) in [5.41, 5.74) is 2.83. The highest BCUT2D eigenvalue weighted by Gasteiger charge is 2.53. The molecule has 0 bridgehead atoms. The van der Waals surface area contributed by atoms with Crippen LogP contribution in [0.25, 0.3) is 0 Å². The molecule has 1 saturated heterocycles. The molecular formula is C19H26F3N3O5. The number of aromatic nitrogens is 2. The average Bonchev–Trinajstić information content (AvgIpc) is 3.33. The van der Waals surface area contributed by atoms with Crippen LogP contribution in [0.15, 0.2) is 0 Å². The van der Waals surface area contributed by atoms with E-state index in [1.165, 1.54) is 5.56 Å². The number of rotatable bonds is 5. The lowest BCUT2D eigenvalue weighted by molar-refractivity contribution is -0.192. The van der Waals surface area contributed by atoms with Crippen LogP contribution in [-0.2, 0) is 25.5 Å². The molecule has 2 aliphatic rings. The van der Waals surface area contributed by atoms with E-state index in [4.69, 9.17) is 14.6 Å². The van der Waals surface area contributed by atoms with Gasteiger partial charge < -0.3 is 15.2 Å². The molecular weight excluding hydrogens is 407 g/mol. The van der Waals surface area contributed by atoms with Crippen LogP contribution in [0.1, 0.15) is 55.5 Å². The fraction of sp³-hybridized carbons (Fsp3) is 0.684. The third kappa shape index (κ3) is 5.73. The third-order valence-electron chi connectivity index (χ3n) is 5.52. The van der Waals surface area contributed by atoms with E-state index in [9.17, 15) is 22.8 Å². The fourth-order valence-electron chi connectivity index (χ4n) is 3.99. The van der Waals surface area contributed by atoms with Gasteiger partial charge in [-0.25, -0.2) is 4.79 Å². The number of halogens is 3. The normalized spacial score (nSPS) is 19.9. The van der Waals surface area contributed by atoms with Crippen LogP contribution in [0, 0.1) is 19.8 Å². The maximum absolute atomic E-state index is 12.5. The van der Waals surface area contributed by atoms with Gasteiger partial charge in [0.25, 0.3) is 0 Å². The lowest BCUT2D eigenvalue weighted by Crippen LogP contribution is -2.43. The summed E-state index contributed by atoms with van der Waals surface area (Å²) in [6.07, 6.45) is 0.619. The first-order valence-corrected chi connectivity index (χ1v) is 9.76. The molecule has 30 heavy (non-hydrogen) atoms. The number of aromatic amines is 1. The van der Waals surface area contributed by atoms with Crippen LogP contribution in [0.5, 0.6) is 0 Å². The van der Waals surface area contributed by atoms with E-state index in [0.29, 0.717) is 6.54 Å². The topological polar surface area (TPSA) is 121 Å². The van der Waals surface area contributed by atoms with Gasteiger partial charge in [0.2, 0.25) is 5.91 Å². The number of esters is 1. The van der Waals surface area contributed by atoms with E-state index in [0.717, 1.165) is 49.9 Å². The number of hydrogen-bond donors (Lipinski definition) is 3. The average molecular weight is 433 g/mol. The number of carbonyl (C=O) groups is 3. The number of aliphatic carboxylic acids is 1. The first-order chi connectivity index (χ1) is 14.0. The van der Waals surface area contributed by atoms with E-state index in [-0.39, 0.29) is 24.2 Å². The number of ether oxygens (including phenoxy) is 1. The second kappa shape index (κ2) is 9.48. The molecule has 1 atom stereocenters. The molecule has 11 heteroatoms. The van der Waals surface area contributed by atoms with Crippen molar-refractivity contribution in [2.45, 2.75) is 70.6 Å². The number of carboxylic acids is 1. The zero-order valence-corrected chi connectivity index (χ0v) is 16.9. The zero-order chi connectivity index (χ0) is 22.5. The highest BCUT2D eigenvalue weighted by atomic mass is 19.4.